The smallest absolute Gasteiger partial charge is 0.123 e. The number of unbranched alkanes of at least 4 members (excludes halogenated alkanes) is 1. The zero-order chi connectivity index (χ0) is 26.3. The third-order valence-electron chi connectivity index (χ3n) is 7.92. The molecule has 0 fully saturated rings. The minimum absolute atomic E-state index is 0.0294. The molecule has 2 aromatic carbocycles. The molecule has 2 aliphatic heterocycles. The van der Waals surface area contributed by atoms with E-state index in [1.165, 1.54) is 53.6 Å². The number of nitrogens with one attached hydrogen (secondary N) is 3. The molecular weight excluding hydrogens is 466 g/mol. The van der Waals surface area contributed by atoms with Crippen LogP contribution in [0.3, 0.4) is 0 Å². The Morgan fingerprint density at radius 2 is 2.11 bits per heavy atom. The van der Waals surface area contributed by atoms with Crippen LogP contribution in [0.2, 0.25) is 0 Å². The summed E-state index contributed by atoms with van der Waals surface area (Å²) in [5, 5.41) is 10.9. The molecule has 2 atom stereocenters. The third-order valence-corrected chi connectivity index (χ3v) is 7.92. The Hall–Kier alpha value is -3.57. The van der Waals surface area contributed by atoms with Crippen LogP contribution >= 0.6 is 0 Å². The molecule has 0 spiro atoms. The van der Waals surface area contributed by atoms with Crippen LogP contribution in [0, 0.1) is 6.92 Å². The summed E-state index contributed by atoms with van der Waals surface area (Å²) in [5.41, 5.74) is 9.92. The Morgan fingerprint density at radius 1 is 1.18 bits per heavy atom. The maximum atomic E-state index is 4.26. The maximum absolute atomic E-state index is 4.26. The fraction of sp³-hybridized carbons (Fsp3) is 0.364. The van der Waals surface area contributed by atoms with Crippen molar-refractivity contribution in [2.24, 2.45) is 0 Å². The summed E-state index contributed by atoms with van der Waals surface area (Å²) in [6, 6.07) is 18.1. The number of pyridine rings is 1. The van der Waals surface area contributed by atoms with Gasteiger partial charge in [0.05, 0.1) is 5.70 Å². The van der Waals surface area contributed by atoms with Gasteiger partial charge in [-0.05, 0) is 91.6 Å². The molecule has 0 saturated heterocycles. The van der Waals surface area contributed by atoms with Crippen molar-refractivity contribution in [1.82, 2.24) is 20.5 Å². The van der Waals surface area contributed by atoms with Crippen molar-refractivity contribution in [3.63, 3.8) is 0 Å². The van der Waals surface area contributed by atoms with E-state index in [9.17, 15) is 0 Å². The molecule has 5 heteroatoms. The van der Waals surface area contributed by atoms with Crippen LogP contribution in [-0.2, 0) is 13.0 Å². The van der Waals surface area contributed by atoms with Crippen molar-refractivity contribution in [3.8, 4) is 0 Å². The van der Waals surface area contributed by atoms with Crippen LogP contribution in [0.15, 0.2) is 79.8 Å². The molecule has 0 radical (unpaired) electrons. The van der Waals surface area contributed by atoms with E-state index in [1.807, 2.05) is 18.5 Å². The van der Waals surface area contributed by atoms with Gasteiger partial charge in [-0.3, -0.25) is 9.88 Å². The molecule has 5 rings (SSSR count). The Morgan fingerprint density at radius 3 is 2.92 bits per heavy atom. The first-order chi connectivity index (χ1) is 18.7. The van der Waals surface area contributed by atoms with Crippen molar-refractivity contribution >= 4 is 17.1 Å². The number of aromatic nitrogens is 1. The molecule has 38 heavy (non-hydrogen) atoms. The number of fused-ring (bicyclic) bond motifs is 1. The largest absolute Gasteiger partial charge is 0.366 e. The number of nitrogens with zero attached hydrogens (tertiary/aromatic N) is 2. The molecule has 1 aromatic heterocycles. The summed E-state index contributed by atoms with van der Waals surface area (Å²) in [5.74, 6) is 0. The number of anilines is 2. The van der Waals surface area contributed by atoms with E-state index >= 15 is 0 Å². The number of hydrogen-bond acceptors (Lipinski definition) is 5. The van der Waals surface area contributed by atoms with Crippen molar-refractivity contribution in [1.29, 1.82) is 0 Å². The second kappa shape index (κ2) is 12.3. The first-order valence-corrected chi connectivity index (χ1v) is 14.1. The first-order valence-electron chi connectivity index (χ1n) is 14.1. The molecule has 198 valence electrons. The highest BCUT2D eigenvalue weighted by molar-refractivity contribution is 5.68. The quantitative estimate of drug-likeness (QED) is 0.189. The third kappa shape index (κ3) is 5.94. The van der Waals surface area contributed by atoms with E-state index in [2.05, 4.69) is 94.8 Å². The zero-order valence-corrected chi connectivity index (χ0v) is 22.8. The predicted octanol–water partition coefficient (Wildman–Crippen LogP) is 7.21. The topological polar surface area (TPSA) is 52.2 Å². The normalized spacial score (nSPS) is 17.6. The lowest BCUT2D eigenvalue weighted by atomic mass is 9.94. The first kappa shape index (κ1) is 26.1. The minimum Gasteiger partial charge on any atom is -0.366 e. The van der Waals surface area contributed by atoms with E-state index in [0.29, 0.717) is 6.04 Å². The average molecular weight is 508 g/mol. The lowest BCUT2D eigenvalue weighted by Gasteiger charge is -2.36. The van der Waals surface area contributed by atoms with Crippen LogP contribution < -0.4 is 16.0 Å². The van der Waals surface area contributed by atoms with Crippen molar-refractivity contribution in [3.05, 3.63) is 108 Å². The fourth-order valence-corrected chi connectivity index (χ4v) is 5.85. The predicted molar refractivity (Wildman–Crippen MR) is 159 cm³/mol. The van der Waals surface area contributed by atoms with E-state index in [-0.39, 0.29) is 6.17 Å². The molecule has 0 bridgehead atoms. The molecule has 3 heterocycles. The lowest BCUT2D eigenvalue weighted by molar-refractivity contribution is 0.158. The molecule has 0 amide bonds. The molecule has 3 N–H and O–H groups in total. The number of rotatable bonds is 11. The van der Waals surface area contributed by atoms with E-state index in [0.717, 1.165) is 42.9 Å². The van der Waals surface area contributed by atoms with Gasteiger partial charge < -0.3 is 16.0 Å². The fourth-order valence-electron chi connectivity index (χ4n) is 5.85. The molecular formula is C33H41N5. The molecule has 0 saturated carbocycles. The molecule has 0 aliphatic carbocycles. The van der Waals surface area contributed by atoms with Crippen LogP contribution in [0.5, 0.6) is 0 Å². The van der Waals surface area contributed by atoms with E-state index in [1.54, 1.807) is 6.20 Å². The van der Waals surface area contributed by atoms with Gasteiger partial charge in [-0.15, -0.1) is 6.58 Å². The molecule has 2 aliphatic rings. The van der Waals surface area contributed by atoms with Crippen LogP contribution in [-0.4, -0.2) is 22.5 Å². The Bertz CT molecular complexity index is 1270. The Kier molecular flexibility index (Phi) is 8.44. The van der Waals surface area contributed by atoms with E-state index < -0.39 is 0 Å². The van der Waals surface area contributed by atoms with Gasteiger partial charge >= 0.3 is 0 Å². The van der Waals surface area contributed by atoms with Gasteiger partial charge in [0, 0.05) is 54.7 Å². The number of hydrogen-bond donors (Lipinski definition) is 3. The molecule has 2 unspecified atom stereocenters. The van der Waals surface area contributed by atoms with Crippen molar-refractivity contribution < 1.29 is 0 Å². The van der Waals surface area contributed by atoms with Gasteiger partial charge in [0.25, 0.3) is 0 Å². The lowest BCUT2D eigenvalue weighted by Crippen LogP contribution is -2.39. The standard InChI is InChI=1S/C33H41N5/c1-4-6-7-13-28(10-5-2)38-19-17-29-26(23-38)11-8-14-31(29)36-27-16-15-24(3)30(20-27)33-35-22-32(37-33)25-12-9-18-34-21-25/h4,8-9,11-12,14-16,18,20-22,28,33,35-37H,1,5-7,10,13,17,19,23H2,2-3H3. The van der Waals surface area contributed by atoms with Crippen molar-refractivity contribution in [2.45, 2.75) is 71.1 Å². The van der Waals surface area contributed by atoms with Gasteiger partial charge in [0.1, 0.15) is 6.17 Å². The average Bonchev–Trinajstić information content (AvgIpc) is 3.44. The number of aryl methyl sites for hydroxylation is 1. The summed E-state index contributed by atoms with van der Waals surface area (Å²) in [7, 11) is 0. The second-order valence-corrected chi connectivity index (χ2v) is 10.6. The summed E-state index contributed by atoms with van der Waals surface area (Å²) in [6.07, 6.45) is 15.0. The highest BCUT2D eigenvalue weighted by atomic mass is 15.2. The Balaban J connectivity index is 1.29. The van der Waals surface area contributed by atoms with Crippen LogP contribution in [0.4, 0.5) is 11.4 Å². The minimum atomic E-state index is 0.0294. The summed E-state index contributed by atoms with van der Waals surface area (Å²) >= 11 is 0. The van der Waals surface area contributed by atoms with Gasteiger partial charge in [0.15, 0.2) is 0 Å². The van der Waals surface area contributed by atoms with Crippen molar-refractivity contribution in [2.75, 3.05) is 11.9 Å². The summed E-state index contributed by atoms with van der Waals surface area (Å²) < 4.78 is 0. The number of benzene rings is 2. The van der Waals surface area contributed by atoms with Gasteiger partial charge in [0.2, 0.25) is 0 Å². The molecule has 5 nitrogen and oxygen atoms in total. The van der Waals surface area contributed by atoms with Gasteiger partial charge in [-0.25, -0.2) is 0 Å². The zero-order valence-electron chi connectivity index (χ0n) is 22.8. The van der Waals surface area contributed by atoms with E-state index in [4.69, 9.17) is 0 Å². The monoisotopic (exact) mass is 507 g/mol. The van der Waals surface area contributed by atoms with Gasteiger partial charge in [-0.2, -0.15) is 0 Å². The Labute approximate surface area is 228 Å². The second-order valence-electron chi connectivity index (χ2n) is 10.6. The van der Waals surface area contributed by atoms with Gasteiger partial charge in [-0.1, -0.05) is 37.6 Å². The molecule has 3 aromatic rings. The summed E-state index contributed by atoms with van der Waals surface area (Å²) in [6.45, 7) is 10.6. The summed E-state index contributed by atoms with van der Waals surface area (Å²) in [4.78, 5) is 6.97. The highest BCUT2D eigenvalue weighted by Gasteiger charge is 2.25. The SMILES string of the molecule is C=CCCCC(CCC)N1CCc2c(cccc2Nc2ccc(C)c(C3NC=C(c4cccnc4)N3)c2)C1. The van der Waals surface area contributed by atoms with Crippen LogP contribution in [0.25, 0.3) is 5.70 Å². The highest BCUT2D eigenvalue weighted by Crippen LogP contribution is 2.33. The number of allylic oxidation sites excluding steroid dienone is 1. The van der Waals surface area contributed by atoms with Crippen LogP contribution in [0.1, 0.15) is 73.0 Å². The maximum Gasteiger partial charge on any atom is 0.123 e.